The maximum atomic E-state index is 14.5. The molecule has 0 saturated heterocycles. The molecule has 2 atom stereocenters. The monoisotopic (exact) mass is 1060 g/mol. The Labute approximate surface area is 433 Å². The standard InChI is InChI=1S/C53H51F6N9O8/c1-6-75-48(71)44-32(3)67(40-12-8-10-38(26-40)52(54,55)56)50(73)65(46(44)36-18-14-34(28-60)15-19-36)30-42(69)62-22-24-64(5)25-23-63-43(70)31-66-47(37-20-16-35(29-61)17-21-37)45(49(72)76-7-2)33(4)68(51(66)74)41-13-9-11-39(27-41)53(57,58)59/h8-21,26-27,46-47H,6-7,22-25,30-31H2,1-5H3,(H,62,69)(H,63,70). The van der Waals surface area contributed by atoms with E-state index in [4.69, 9.17) is 9.47 Å². The fourth-order valence-corrected chi connectivity index (χ4v) is 8.70. The molecular formula is C53H51F6N9O8. The van der Waals surface area contributed by atoms with Crippen LogP contribution in [-0.4, -0.2) is 110 Å². The number of hydrogen-bond donors (Lipinski definition) is 2. The minimum absolute atomic E-state index is 0.0357. The summed E-state index contributed by atoms with van der Waals surface area (Å²) >= 11 is 0. The molecule has 6 amide bonds. The van der Waals surface area contributed by atoms with Crippen LogP contribution in [0.5, 0.6) is 0 Å². The van der Waals surface area contributed by atoms with E-state index >= 15 is 0 Å². The molecule has 0 aromatic heterocycles. The molecule has 2 aliphatic rings. The van der Waals surface area contributed by atoms with Crippen molar-refractivity contribution >= 4 is 47.2 Å². The van der Waals surface area contributed by atoms with Gasteiger partial charge in [0.2, 0.25) is 11.8 Å². The number of carbonyl (C=O) groups is 6. The van der Waals surface area contributed by atoms with Gasteiger partial charge in [-0.1, -0.05) is 36.4 Å². The van der Waals surface area contributed by atoms with Crippen LogP contribution in [0.25, 0.3) is 0 Å². The van der Waals surface area contributed by atoms with Crippen molar-refractivity contribution in [3.63, 3.8) is 0 Å². The first-order valence-electron chi connectivity index (χ1n) is 23.6. The lowest BCUT2D eigenvalue weighted by molar-refractivity contribution is -0.140. The normalized spacial score (nSPS) is 16.1. The van der Waals surface area contributed by atoms with E-state index < -0.39 is 84.5 Å². The van der Waals surface area contributed by atoms with Gasteiger partial charge in [-0.05, 0) is 107 Å². The average Bonchev–Trinajstić information content (AvgIpc) is 3.37. The Morgan fingerprint density at radius 3 is 1.28 bits per heavy atom. The van der Waals surface area contributed by atoms with Gasteiger partial charge in [0.15, 0.2) is 0 Å². The van der Waals surface area contributed by atoms with Gasteiger partial charge in [0, 0.05) is 37.6 Å². The molecule has 2 aliphatic heterocycles. The predicted molar refractivity (Wildman–Crippen MR) is 262 cm³/mol. The second-order valence-electron chi connectivity index (χ2n) is 17.3. The fourth-order valence-electron chi connectivity index (χ4n) is 8.70. The molecule has 0 aliphatic carbocycles. The number of alkyl halides is 6. The van der Waals surface area contributed by atoms with Crippen LogP contribution in [0, 0.1) is 22.7 Å². The summed E-state index contributed by atoms with van der Waals surface area (Å²) in [7, 11) is 1.65. The number of halogens is 6. The Hall–Kier alpha value is -8.70. The highest BCUT2D eigenvalue weighted by atomic mass is 19.4. The molecule has 2 heterocycles. The van der Waals surface area contributed by atoms with Gasteiger partial charge < -0.3 is 34.8 Å². The molecule has 0 spiro atoms. The number of urea groups is 2. The number of esters is 2. The first kappa shape index (κ1) is 56.6. The Bertz CT molecular complexity index is 2820. The van der Waals surface area contributed by atoms with Crippen molar-refractivity contribution in [1.82, 2.24) is 25.3 Å². The molecule has 2 unspecified atom stereocenters. The summed E-state index contributed by atoms with van der Waals surface area (Å²) in [5.41, 5.74) is -1.95. The highest BCUT2D eigenvalue weighted by Gasteiger charge is 2.46. The van der Waals surface area contributed by atoms with Gasteiger partial charge in [-0.2, -0.15) is 36.9 Å². The third kappa shape index (κ3) is 12.8. The summed E-state index contributed by atoms with van der Waals surface area (Å²) in [6, 6.07) is 19.0. The van der Waals surface area contributed by atoms with Gasteiger partial charge in [0.05, 0.1) is 82.2 Å². The van der Waals surface area contributed by atoms with Crippen molar-refractivity contribution in [2.24, 2.45) is 0 Å². The zero-order valence-corrected chi connectivity index (χ0v) is 41.7. The van der Waals surface area contributed by atoms with Crippen LogP contribution in [0.4, 0.5) is 47.3 Å². The summed E-state index contributed by atoms with van der Waals surface area (Å²) < 4.78 is 94.1. The number of rotatable bonds is 18. The summed E-state index contributed by atoms with van der Waals surface area (Å²) in [6.45, 7) is 4.44. The second-order valence-corrected chi connectivity index (χ2v) is 17.3. The molecule has 0 radical (unpaired) electrons. The molecule has 17 nitrogen and oxygen atoms in total. The summed E-state index contributed by atoms with van der Waals surface area (Å²) in [6.07, 6.45) is -9.58. The first-order chi connectivity index (χ1) is 36.0. The topological polar surface area (TPSA) is 209 Å². The molecule has 4 aromatic carbocycles. The highest BCUT2D eigenvalue weighted by molar-refractivity contribution is 6.05. The van der Waals surface area contributed by atoms with E-state index in [0.29, 0.717) is 11.1 Å². The number of benzene rings is 4. The third-order valence-electron chi connectivity index (χ3n) is 12.3. The zero-order chi connectivity index (χ0) is 55.6. The van der Waals surface area contributed by atoms with Crippen molar-refractivity contribution < 1.29 is 64.6 Å². The van der Waals surface area contributed by atoms with Crippen LogP contribution in [0.3, 0.4) is 0 Å². The number of nitriles is 2. The molecule has 23 heteroatoms. The van der Waals surface area contributed by atoms with E-state index in [1.165, 1.54) is 88.4 Å². The largest absolute Gasteiger partial charge is 0.463 e. The number of anilines is 2. The van der Waals surface area contributed by atoms with Crippen LogP contribution >= 0.6 is 0 Å². The Morgan fingerprint density at radius 2 is 0.961 bits per heavy atom. The van der Waals surface area contributed by atoms with Gasteiger partial charge >= 0.3 is 36.4 Å². The van der Waals surface area contributed by atoms with Crippen LogP contribution in [-0.2, 0) is 41.0 Å². The molecule has 398 valence electrons. The highest BCUT2D eigenvalue weighted by Crippen LogP contribution is 2.43. The quantitative estimate of drug-likeness (QED) is 0.0721. The van der Waals surface area contributed by atoms with Gasteiger partial charge in [0.1, 0.15) is 13.1 Å². The molecule has 76 heavy (non-hydrogen) atoms. The van der Waals surface area contributed by atoms with Crippen molar-refractivity contribution in [2.75, 3.05) is 69.3 Å². The number of likely N-dealkylation sites (N-methyl/N-ethyl adjacent to an activating group) is 1. The van der Waals surface area contributed by atoms with Crippen LogP contribution < -0.4 is 20.4 Å². The van der Waals surface area contributed by atoms with E-state index in [-0.39, 0.29) is 84.4 Å². The van der Waals surface area contributed by atoms with E-state index in [2.05, 4.69) is 10.6 Å². The lowest BCUT2D eigenvalue weighted by atomic mass is 9.92. The van der Waals surface area contributed by atoms with Crippen molar-refractivity contribution in [2.45, 2.75) is 52.1 Å². The van der Waals surface area contributed by atoms with Crippen LogP contribution in [0.15, 0.2) is 120 Å². The predicted octanol–water partition coefficient (Wildman–Crippen LogP) is 7.97. The van der Waals surface area contributed by atoms with E-state index in [1.807, 2.05) is 12.1 Å². The Balaban J connectivity index is 1.17. The zero-order valence-electron chi connectivity index (χ0n) is 41.7. The average molecular weight is 1060 g/mol. The number of nitrogens with one attached hydrogen (secondary N) is 2. The molecule has 2 N–H and O–H groups in total. The van der Waals surface area contributed by atoms with Crippen molar-refractivity contribution in [3.05, 3.63) is 153 Å². The van der Waals surface area contributed by atoms with E-state index in [1.54, 1.807) is 11.9 Å². The SMILES string of the molecule is CCOC(=O)C1=C(C)N(c2cccc(C(F)(F)F)c2)C(=O)N(CC(=O)NCCN(C)CCNC(=O)CN2C(=O)N(c3cccc(C(F)(F)F)c3)C(C)=C(C(=O)OCC)C2c2ccc(C#N)cc2)C1c1ccc(C#N)cc1. The number of ether oxygens (including phenoxy) is 2. The second kappa shape index (κ2) is 24.1. The molecule has 4 aromatic rings. The minimum atomic E-state index is -4.79. The van der Waals surface area contributed by atoms with Gasteiger partial charge in [-0.15, -0.1) is 0 Å². The van der Waals surface area contributed by atoms with Crippen molar-refractivity contribution in [3.8, 4) is 12.1 Å². The van der Waals surface area contributed by atoms with E-state index in [9.17, 15) is 65.6 Å². The minimum Gasteiger partial charge on any atom is -0.463 e. The third-order valence-corrected chi connectivity index (χ3v) is 12.3. The Kier molecular flexibility index (Phi) is 17.9. The van der Waals surface area contributed by atoms with Crippen LogP contribution in [0.1, 0.15) is 73.2 Å². The molecule has 6 rings (SSSR count). The summed E-state index contributed by atoms with van der Waals surface area (Å²) in [5.74, 6) is -3.27. The molecule has 0 fully saturated rings. The van der Waals surface area contributed by atoms with Crippen molar-refractivity contribution in [1.29, 1.82) is 10.5 Å². The van der Waals surface area contributed by atoms with Gasteiger partial charge in [0.25, 0.3) is 0 Å². The number of allylic oxidation sites excluding steroid dienone is 2. The number of carbonyl (C=O) groups excluding carboxylic acids is 6. The van der Waals surface area contributed by atoms with Gasteiger partial charge in [-0.25, -0.2) is 19.2 Å². The lowest BCUT2D eigenvalue weighted by Crippen LogP contribution is -2.54. The number of nitrogens with zero attached hydrogens (tertiary/aromatic N) is 7. The lowest BCUT2D eigenvalue weighted by Gasteiger charge is -2.42. The summed E-state index contributed by atoms with van der Waals surface area (Å²) in [4.78, 5) is 89.5. The van der Waals surface area contributed by atoms with E-state index in [0.717, 1.165) is 56.0 Å². The Morgan fingerprint density at radius 1 is 0.605 bits per heavy atom. The first-order valence-corrected chi connectivity index (χ1v) is 23.6. The van der Waals surface area contributed by atoms with Gasteiger partial charge in [-0.3, -0.25) is 19.4 Å². The smallest absolute Gasteiger partial charge is 0.416 e. The van der Waals surface area contributed by atoms with Crippen LogP contribution in [0.2, 0.25) is 0 Å². The molecule has 0 saturated carbocycles. The number of amides is 6. The molecule has 0 bridgehead atoms. The molecular weight excluding hydrogens is 1000 g/mol. The maximum Gasteiger partial charge on any atom is 0.416 e. The maximum absolute atomic E-state index is 14.5. The summed E-state index contributed by atoms with van der Waals surface area (Å²) in [5, 5.41) is 24.3. The fraction of sp³-hybridized carbons (Fsp3) is 0.321. The number of hydrogen-bond acceptors (Lipinski definition) is 11.